The Morgan fingerprint density at radius 1 is 1.50 bits per heavy atom. The van der Waals surface area contributed by atoms with Crippen molar-refractivity contribution in [1.82, 2.24) is 14.5 Å². The molecular formula is C9H9N3O2. The Morgan fingerprint density at radius 3 is 2.93 bits per heavy atom. The van der Waals surface area contributed by atoms with Gasteiger partial charge in [-0.2, -0.15) is 0 Å². The van der Waals surface area contributed by atoms with E-state index in [4.69, 9.17) is 5.11 Å². The van der Waals surface area contributed by atoms with Crippen molar-refractivity contribution < 1.29 is 5.11 Å². The highest BCUT2D eigenvalue weighted by molar-refractivity contribution is 5.28. The Bertz CT molecular complexity index is 466. The first-order chi connectivity index (χ1) is 6.79. The van der Waals surface area contributed by atoms with E-state index in [1.807, 2.05) is 0 Å². The van der Waals surface area contributed by atoms with Crippen molar-refractivity contribution in [2.75, 3.05) is 0 Å². The van der Waals surface area contributed by atoms with Gasteiger partial charge in [0.25, 0.3) is 0 Å². The number of H-pyrrole nitrogens is 1. The summed E-state index contributed by atoms with van der Waals surface area (Å²) in [5, 5.41) is 8.81. The highest BCUT2D eigenvalue weighted by Crippen LogP contribution is 2.04. The molecular weight excluding hydrogens is 182 g/mol. The average molecular weight is 191 g/mol. The van der Waals surface area contributed by atoms with Crippen LogP contribution in [-0.2, 0) is 6.61 Å². The maximum Gasteiger partial charge on any atom is 0.248 e. The summed E-state index contributed by atoms with van der Waals surface area (Å²) in [6.45, 7) is -0.0870. The van der Waals surface area contributed by atoms with E-state index in [-0.39, 0.29) is 12.2 Å². The summed E-state index contributed by atoms with van der Waals surface area (Å²) in [6.07, 6.45) is 4.87. The molecule has 0 amide bonds. The van der Waals surface area contributed by atoms with E-state index < -0.39 is 0 Å². The van der Waals surface area contributed by atoms with Crippen molar-refractivity contribution >= 4 is 0 Å². The van der Waals surface area contributed by atoms with Gasteiger partial charge in [0.2, 0.25) is 5.56 Å². The molecule has 0 saturated heterocycles. The van der Waals surface area contributed by atoms with Crippen molar-refractivity contribution in [2.24, 2.45) is 0 Å². The number of nitrogens with one attached hydrogen (secondary N) is 1. The zero-order valence-corrected chi connectivity index (χ0v) is 7.34. The fourth-order valence-corrected chi connectivity index (χ4v) is 1.15. The van der Waals surface area contributed by atoms with Gasteiger partial charge in [-0.15, -0.1) is 0 Å². The van der Waals surface area contributed by atoms with E-state index in [2.05, 4.69) is 9.97 Å². The zero-order chi connectivity index (χ0) is 9.97. The molecule has 0 fully saturated rings. The number of hydrogen-bond acceptors (Lipinski definition) is 3. The van der Waals surface area contributed by atoms with Crippen LogP contribution in [0.1, 0.15) is 5.69 Å². The number of aliphatic hydroxyl groups excluding tert-OH is 1. The van der Waals surface area contributed by atoms with E-state index in [0.717, 1.165) is 5.69 Å². The van der Waals surface area contributed by atoms with Crippen LogP contribution < -0.4 is 5.56 Å². The number of rotatable bonds is 2. The number of aromatic amines is 1. The molecule has 0 radical (unpaired) electrons. The Labute approximate surface area is 79.7 Å². The van der Waals surface area contributed by atoms with Crippen molar-refractivity contribution in [3.8, 4) is 5.69 Å². The van der Waals surface area contributed by atoms with Gasteiger partial charge in [-0.25, -0.2) is 4.98 Å². The first kappa shape index (κ1) is 8.71. The fraction of sp³-hybridized carbons (Fsp3) is 0.111. The highest BCUT2D eigenvalue weighted by atomic mass is 16.3. The number of aliphatic hydroxyl groups is 1. The van der Waals surface area contributed by atoms with Gasteiger partial charge in [0.1, 0.15) is 0 Å². The fourth-order valence-electron chi connectivity index (χ4n) is 1.15. The molecule has 0 spiro atoms. The largest absolute Gasteiger partial charge is 0.390 e. The maximum atomic E-state index is 10.8. The summed E-state index contributed by atoms with van der Waals surface area (Å²) >= 11 is 0. The zero-order valence-electron chi connectivity index (χ0n) is 7.34. The second kappa shape index (κ2) is 3.47. The quantitative estimate of drug-likeness (QED) is 0.704. The lowest BCUT2D eigenvalue weighted by molar-refractivity contribution is 0.277. The van der Waals surface area contributed by atoms with Gasteiger partial charge in [0.05, 0.1) is 24.3 Å². The van der Waals surface area contributed by atoms with Gasteiger partial charge in [-0.05, 0) is 6.07 Å². The highest BCUT2D eigenvalue weighted by Gasteiger charge is 1.98. The molecule has 0 unspecified atom stereocenters. The molecule has 2 aromatic heterocycles. The molecule has 0 saturated carbocycles. The van der Waals surface area contributed by atoms with Crippen LogP contribution in [0.4, 0.5) is 0 Å². The molecule has 5 nitrogen and oxygen atoms in total. The van der Waals surface area contributed by atoms with Crippen LogP contribution in [-0.4, -0.2) is 19.6 Å². The molecule has 2 rings (SSSR count). The van der Waals surface area contributed by atoms with Gasteiger partial charge in [0, 0.05) is 18.5 Å². The van der Waals surface area contributed by atoms with Crippen molar-refractivity contribution in [1.29, 1.82) is 0 Å². The smallest absolute Gasteiger partial charge is 0.248 e. The summed E-state index contributed by atoms with van der Waals surface area (Å²) in [5.74, 6) is 0. The Balaban J connectivity index is 2.39. The number of nitrogens with zero attached hydrogens (tertiary/aromatic N) is 2. The number of aromatic nitrogens is 3. The molecule has 0 atom stereocenters. The minimum Gasteiger partial charge on any atom is -0.390 e. The number of imidazole rings is 1. The lowest BCUT2D eigenvalue weighted by Crippen LogP contribution is -2.03. The lowest BCUT2D eigenvalue weighted by atomic mass is 10.4. The number of pyridine rings is 1. The summed E-state index contributed by atoms with van der Waals surface area (Å²) in [6, 6.07) is 3.12. The van der Waals surface area contributed by atoms with Crippen molar-refractivity contribution in [3.05, 3.63) is 46.9 Å². The van der Waals surface area contributed by atoms with Crippen molar-refractivity contribution in [2.45, 2.75) is 6.61 Å². The Kier molecular flexibility index (Phi) is 2.16. The first-order valence-electron chi connectivity index (χ1n) is 4.12. The minimum absolute atomic E-state index is 0.0870. The monoisotopic (exact) mass is 191 g/mol. The standard InChI is InChI=1S/C9H9N3O2/c13-5-7-4-12(6-11-7)8-1-2-9(14)10-3-8/h1-4,6,13H,5H2,(H,10,14). The third kappa shape index (κ3) is 1.57. The predicted octanol–water partition coefficient (Wildman–Crippen LogP) is 0.0529. The first-order valence-corrected chi connectivity index (χ1v) is 4.12. The van der Waals surface area contributed by atoms with Gasteiger partial charge in [-0.3, -0.25) is 4.79 Å². The second-order valence-corrected chi connectivity index (χ2v) is 2.84. The molecule has 0 bridgehead atoms. The van der Waals surface area contributed by atoms with Crippen LogP contribution >= 0.6 is 0 Å². The normalized spacial score (nSPS) is 10.4. The van der Waals surface area contributed by atoms with Crippen LogP contribution in [0, 0.1) is 0 Å². The van der Waals surface area contributed by atoms with Crippen LogP contribution in [0.25, 0.3) is 5.69 Å². The molecule has 2 aromatic rings. The van der Waals surface area contributed by atoms with E-state index in [1.165, 1.54) is 6.07 Å². The molecule has 5 heteroatoms. The van der Waals surface area contributed by atoms with Gasteiger partial charge < -0.3 is 14.7 Å². The van der Waals surface area contributed by atoms with E-state index in [9.17, 15) is 4.79 Å². The van der Waals surface area contributed by atoms with E-state index >= 15 is 0 Å². The summed E-state index contributed by atoms with van der Waals surface area (Å²) in [7, 11) is 0. The third-order valence-electron chi connectivity index (χ3n) is 1.86. The summed E-state index contributed by atoms with van der Waals surface area (Å²) in [4.78, 5) is 17.3. The minimum atomic E-state index is -0.142. The third-order valence-corrected chi connectivity index (χ3v) is 1.86. The molecule has 14 heavy (non-hydrogen) atoms. The molecule has 0 aliphatic heterocycles. The molecule has 72 valence electrons. The molecule has 0 aliphatic carbocycles. The topological polar surface area (TPSA) is 70.9 Å². The predicted molar refractivity (Wildman–Crippen MR) is 50.1 cm³/mol. The summed E-state index contributed by atoms with van der Waals surface area (Å²) < 4.78 is 1.72. The lowest BCUT2D eigenvalue weighted by Gasteiger charge is -1.98. The molecule has 0 aromatic carbocycles. The van der Waals surface area contributed by atoms with Crippen LogP contribution in [0.15, 0.2) is 35.6 Å². The second-order valence-electron chi connectivity index (χ2n) is 2.84. The van der Waals surface area contributed by atoms with Crippen molar-refractivity contribution in [3.63, 3.8) is 0 Å². The van der Waals surface area contributed by atoms with Gasteiger partial charge >= 0.3 is 0 Å². The summed E-state index contributed by atoms with van der Waals surface area (Å²) in [5.41, 5.74) is 1.25. The van der Waals surface area contributed by atoms with E-state index in [0.29, 0.717) is 5.69 Å². The van der Waals surface area contributed by atoms with Gasteiger partial charge in [-0.1, -0.05) is 0 Å². The van der Waals surface area contributed by atoms with E-state index in [1.54, 1.807) is 29.4 Å². The average Bonchev–Trinajstić information content (AvgIpc) is 2.67. The van der Waals surface area contributed by atoms with Crippen LogP contribution in [0.2, 0.25) is 0 Å². The van der Waals surface area contributed by atoms with Gasteiger partial charge in [0.15, 0.2) is 0 Å². The molecule has 2 N–H and O–H groups in total. The maximum absolute atomic E-state index is 10.8. The van der Waals surface area contributed by atoms with Crippen LogP contribution in [0.5, 0.6) is 0 Å². The molecule has 0 aliphatic rings. The number of hydrogen-bond donors (Lipinski definition) is 2. The Hall–Kier alpha value is -1.88. The van der Waals surface area contributed by atoms with Crippen LogP contribution in [0.3, 0.4) is 0 Å². The molecule has 2 heterocycles. The SMILES string of the molecule is O=c1ccc(-n2cnc(CO)c2)c[nH]1. The Morgan fingerprint density at radius 2 is 2.36 bits per heavy atom.